The van der Waals surface area contributed by atoms with Crippen molar-refractivity contribution in [1.82, 2.24) is 9.38 Å². The molecule has 2 aromatic carbocycles. The Bertz CT molecular complexity index is 1280. The molecule has 7 nitrogen and oxygen atoms in total. The van der Waals surface area contributed by atoms with Crippen LogP contribution in [0.5, 0.6) is 11.5 Å². The molecule has 9 heteroatoms. The molecule has 28 heavy (non-hydrogen) atoms. The molecule has 1 N–H and O–H groups in total. The van der Waals surface area contributed by atoms with E-state index in [2.05, 4.69) is 10.3 Å². The van der Waals surface area contributed by atoms with E-state index in [1.54, 1.807) is 12.1 Å². The smallest absolute Gasteiger partial charge is 0.282 e. The summed E-state index contributed by atoms with van der Waals surface area (Å²) in [5.41, 5.74) is 0.388. The van der Waals surface area contributed by atoms with E-state index in [4.69, 9.17) is 9.47 Å². The van der Waals surface area contributed by atoms with Gasteiger partial charge in [-0.15, -0.1) is 0 Å². The molecule has 0 unspecified atom stereocenters. The van der Waals surface area contributed by atoms with E-state index in [1.807, 2.05) is 0 Å². The predicted octanol–water partition coefficient (Wildman–Crippen LogP) is 3.32. The maximum atomic E-state index is 13.4. The van der Waals surface area contributed by atoms with Crippen LogP contribution in [0, 0.1) is 5.82 Å². The number of hydrogen-bond donors (Lipinski definition) is 1. The SMILES string of the molecule is COc1ccc(C(=O)Nc2cnc3sc4cc(F)ccc4n3c2=O)cc1OC. The number of methoxy groups -OCH3 is 2. The van der Waals surface area contributed by atoms with Crippen LogP contribution in [-0.2, 0) is 0 Å². The summed E-state index contributed by atoms with van der Waals surface area (Å²) in [4.78, 5) is 30.1. The van der Waals surface area contributed by atoms with Crippen molar-refractivity contribution in [3.8, 4) is 11.5 Å². The van der Waals surface area contributed by atoms with Crippen molar-refractivity contribution < 1.29 is 18.7 Å². The van der Waals surface area contributed by atoms with Gasteiger partial charge < -0.3 is 14.8 Å². The summed E-state index contributed by atoms with van der Waals surface area (Å²) < 4.78 is 25.7. The molecule has 0 bridgehead atoms. The Hall–Kier alpha value is -3.46. The van der Waals surface area contributed by atoms with Gasteiger partial charge in [-0.3, -0.25) is 9.59 Å². The number of aromatic nitrogens is 2. The van der Waals surface area contributed by atoms with Crippen LogP contribution in [0.4, 0.5) is 10.1 Å². The monoisotopic (exact) mass is 399 g/mol. The lowest BCUT2D eigenvalue weighted by Gasteiger charge is -2.10. The van der Waals surface area contributed by atoms with Crippen LogP contribution in [0.1, 0.15) is 10.4 Å². The minimum absolute atomic E-state index is 0.0151. The number of nitrogens with one attached hydrogen (secondary N) is 1. The number of halogens is 1. The maximum Gasteiger partial charge on any atom is 0.282 e. The zero-order valence-corrected chi connectivity index (χ0v) is 15.7. The second-order valence-corrected chi connectivity index (χ2v) is 6.84. The average Bonchev–Trinajstić information content (AvgIpc) is 3.07. The summed E-state index contributed by atoms with van der Waals surface area (Å²) in [7, 11) is 2.96. The normalized spacial score (nSPS) is 11.0. The predicted molar refractivity (Wildman–Crippen MR) is 104 cm³/mol. The summed E-state index contributed by atoms with van der Waals surface area (Å²) in [6, 6.07) is 8.80. The first-order chi connectivity index (χ1) is 13.5. The zero-order chi connectivity index (χ0) is 19.8. The van der Waals surface area contributed by atoms with Gasteiger partial charge in [0.1, 0.15) is 11.5 Å². The van der Waals surface area contributed by atoms with Crippen LogP contribution < -0.4 is 20.3 Å². The number of fused-ring (bicyclic) bond motifs is 3. The Morgan fingerprint density at radius 1 is 1.14 bits per heavy atom. The van der Waals surface area contributed by atoms with Gasteiger partial charge >= 0.3 is 0 Å². The minimum Gasteiger partial charge on any atom is -0.493 e. The summed E-state index contributed by atoms with van der Waals surface area (Å²) in [6.45, 7) is 0. The number of amides is 1. The molecule has 0 radical (unpaired) electrons. The maximum absolute atomic E-state index is 13.4. The largest absolute Gasteiger partial charge is 0.493 e. The number of thiazole rings is 1. The molecule has 0 aliphatic heterocycles. The Kier molecular flexibility index (Phi) is 4.44. The summed E-state index contributed by atoms with van der Waals surface area (Å²) in [5, 5.41) is 2.57. The fourth-order valence-electron chi connectivity index (χ4n) is 2.83. The first kappa shape index (κ1) is 17.9. The number of ether oxygens (including phenoxy) is 2. The third-order valence-electron chi connectivity index (χ3n) is 4.19. The number of rotatable bonds is 4. The average molecular weight is 399 g/mol. The first-order valence-electron chi connectivity index (χ1n) is 8.15. The number of carbonyl (C=O) groups is 1. The van der Waals surface area contributed by atoms with Crippen molar-refractivity contribution in [2.45, 2.75) is 0 Å². The van der Waals surface area contributed by atoms with E-state index in [0.717, 1.165) is 0 Å². The number of hydrogen-bond acceptors (Lipinski definition) is 6. The summed E-state index contributed by atoms with van der Waals surface area (Å²) >= 11 is 1.19. The van der Waals surface area contributed by atoms with Gasteiger partial charge in [-0.1, -0.05) is 11.3 Å². The molecule has 2 aromatic heterocycles. The van der Waals surface area contributed by atoms with Crippen molar-refractivity contribution in [1.29, 1.82) is 0 Å². The van der Waals surface area contributed by atoms with Crippen molar-refractivity contribution in [2.24, 2.45) is 0 Å². The van der Waals surface area contributed by atoms with Gasteiger partial charge in [0, 0.05) is 5.56 Å². The van der Waals surface area contributed by atoms with E-state index < -0.39 is 17.3 Å². The lowest BCUT2D eigenvalue weighted by atomic mass is 10.2. The van der Waals surface area contributed by atoms with Crippen molar-refractivity contribution in [3.63, 3.8) is 0 Å². The van der Waals surface area contributed by atoms with Crippen LogP contribution in [0.15, 0.2) is 47.4 Å². The number of carbonyl (C=O) groups excluding carboxylic acids is 1. The summed E-state index contributed by atoms with van der Waals surface area (Å²) in [6.07, 6.45) is 1.29. The fourth-order valence-corrected chi connectivity index (χ4v) is 3.85. The van der Waals surface area contributed by atoms with E-state index in [1.165, 1.54) is 60.4 Å². The lowest BCUT2D eigenvalue weighted by molar-refractivity contribution is 0.102. The van der Waals surface area contributed by atoms with Crippen LogP contribution >= 0.6 is 11.3 Å². The van der Waals surface area contributed by atoms with E-state index >= 15 is 0 Å². The van der Waals surface area contributed by atoms with E-state index in [-0.39, 0.29) is 5.69 Å². The van der Waals surface area contributed by atoms with Gasteiger partial charge in [-0.05, 0) is 36.4 Å². The van der Waals surface area contributed by atoms with Gasteiger partial charge in [-0.25, -0.2) is 13.8 Å². The van der Waals surface area contributed by atoms with Crippen molar-refractivity contribution in [3.05, 3.63) is 64.3 Å². The Morgan fingerprint density at radius 2 is 1.93 bits per heavy atom. The van der Waals surface area contributed by atoms with E-state index in [9.17, 15) is 14.0 Å². The molecule has 4 aromatic rings. The molecular formula is C19H14FN3O4S. The minimum atomic E-state index is -0.495. The summed E-state index contributed by atoms with van der Waals surface area (Å²) in [5.74, 6) is -0.00930. The first-order valence-corrected chi connectivity index (χ1v) is 8.96. The van der Waals surface area contributed by atoms with Gasteiger partial charge in [-0.2, -0.15) is 0 Å². The van der Waals surface area contributed by atoms with Gasteiger partial charge in [0.25, 0.3) is 11.5 Å². The molecule has 4 rings (SSSR count). The van der Waals surface area contributed by atoms with Crippen molar-refractivity contribution >= 4 is 38.1 Å². The fraction of sp³-hybridized carbons (Fsp3) is 0.105. The molecule has 0 atom stereocenters. The van der Waals surface area contributed by atoms with Crippen molar-refractivity contribution in [2.75, 3.05) is 19.5 Å². The molecular weight excluding hydrogens is 385 g/mol. The van der Waals surface area contributed by atoms with Crippen LogP contribution in [0.2, 0.25) is 0 Å². The molecule has 0 fully saturated rings. The molecule has 0 saturated heterocycles. The highest BCUT2D eigenvalue weighted by atomic mass is 32.1. The molecule has 0 saturated carbocycles. The third kappa shape index (κ3) is 2.95. The zero-order valence-electron chi connectivity index (χ0n) is 14.9. The quantitative estimate of drug-likeness (QED) is 0.569. The molecule has 0 aliphatic rings. The van der Waals surface area contributed by atoms with Gasteiger partial charge in [0.15, 0.2) is 16.5 Å². The molecule has 142 valence electrons. The highest BCUT2D eigenvalue weighted by Crippen LogP contribution is 2.28. The van der Waals surface area contributed by atoms with E-state index in [0.29, 0.717) is 32.2 Å². The topological polar surface area (TPSA) is 81.9 Å². The Balaban J connectivity index is 1.74. The van der Waals surface area contributed by atoms with Gasteiger partial charge in [0.2, 0.25) is 0 Å². The Labute approximate surface area is 162 Å². The molecule has 0 spiro atoms. The lowest BCUT2D eigenvalue weighted by Crippen LogP contribution is -2.22. The molecule has 1 amide bonds. The Morgan fingerprint density at radius 3 is 2.68 bits per heavy atom. The standard InChI is InChI=1S/C19H14FN3O4S/c1-26-14-6-3-10(7-15(14)27-2)17(24)22-12-9-21-19-23(18(12)25)13-5-4-11(20)8-16(13)28-19/h3-9H,1-2H3,(H,22,24). The molecule has 0 aliphatic carbocycles. The highest BCUT2D eigenvalue weighted by molar-refractivity contribution is 7.23. The van der Waals surface area contributed by atoms with Gasteiger partial charge in [0.05, 0.1) is 30.6 Å². The van der Waals surface area contributed by atoms with Crippen LogP contribution in [0.25, 0.3) is 15.2 Å². The third-order valence-corrected chi connectivity index (χ3v) is 5.20. The number of anilines is 1. The number of nitrogens with zero attached hydrogens (tertiary/aromatic N) is 2. The van der Waals surface area contributed by atoms with Crippen LogP contribution in [-0.4, -0.2) is 29.5 Å². The highest BCUT2D eigenvalue weighted by Gasteiger charge is 2.16. The van der Waals surface area contributed by atoms with Crippen LogP contribution in [0.3, 0.4) is 0 Å². The second-order valence-electron chi connectivity index (χ2n) is 5.83. The second kappa shape index (κ2) is 6.93. The number of benzene rings is 2. The molecule has 2 heterocycles.